The van der Waals surface area contributed by atoms with Crippen molar-refractivity contribution in [3.63, 3.8) is 0 Å². The second kappa shape index (κ2) is 5.35. The van der Waals surface area contributed by atoms with E-state index >= 15 is 0 Å². The van der Waals surface area contributed by atoms with E-state index in [0.29, 0.717) is 31.2 Å². The number of hydrogen-bond acceptors (Lipinski definition) is 2. The lowest BCUT2D eigenvalue weighted by atomic mass is 10.0. The van der Waals surface area contributed by atoms with Crippen molar-refractivity contribution in [3.05, 3.63) is 35.0 Å². The van der Waals surface area contributed by atoms with Crippen LogP contribution in [0.3, 0.4) is 0 Å². The Bertz CT molecular complexity index is 678. The number of aromatic nitrogens is 1. The quantitative estimate of drug-likeness (QED) is 0.927. The first kappa shape index (κ1) is 14.4. The maximum atomic E-state index is 12.6. The predicted octanol–water partition coefficient (Wildman–Crippen LogP) is 3.00. The van der Waals surface area contributed by atoms with E-state index in [2.05, 4.69) is 4.98 Å². The van der Waals surface area contributed by atoms with Gasteiger partial charge in [0, 0.05) is 28.7 Å². The van der Waals surface area contributed by atoms with E-state index in [0.717, 1.165) is 16.5 Å². The number of aromatic amines is 1. The third-order valence-electron chi connectivity index (χ3n) is 4.02. The van der Waals surface area contributed by atoms with Crippen LogP contribution in [-0.4, -0.2) is 41.1 Å². The molecule has 1 aromatic carbocycles. The summed E-state index contributed by atoms with van der Waals surface area (Å²) in [6.07, 6.45) is 2.27. The molecular weight excluding hydrogens is 288 g/mol. The van der Waals surface area contributed by atoms with Crippen LogP contribution in [0.1, 0.15) is 19.4 Å². The van der Waals surface area contributed by atoms with Crippen LogP contribution in [0.15, 0.2) is 24.4 Å². The molecule has 5 heteroatoms. The van der Waals surface area contributed by atoms with Gasteiger partial charge in [-0.3, -0.25) is 4.79 Å². The van der Waals surface area contributed by atoms with E-state index in [1.165, 1.54) is 0 Å². The first-order valence-electron chi connectivity index (χ1n) is 7.11. The van der Waals surface area contributed by atoms with Gasteiger partial charge < -0.3 is 14.6 Å². The first-order valence-corrected chi connectivity index (χ1v) is 7.49. The number of benzene rings is 1. The molecular formula is C16H19ClN2O2. The molecule has 0 bridgehead atoms. The third-order valence-corrected chi connectivity index (χ3v) is 4.25. The topological polar surface area (TPSA) is 45.3 Å². The minimum Gasteiger partial charge on any atom is -0.377 e. The summed E-state index contributed by atoms with van der Waals surface area (Å²) >= 11 is 6.05. The third kappa shape index (κ3) is 2.78. The van der Waals surface area contributed by atoms with Gasteiger partial charge in [0.1, 0.15) is 0 Å². The number of hydrogen-bond donors (Lipinski definition) is 1. The zero-order chi connectivity index (χ0) is 15.0. The highest BCUT2D eigenvalue weighted by Gasteiger charge is 2.34. The molecule has 1 aliphatic rings. The molecule has 0 radical (unpaired) electrons. The smallest absolute Gasteiger partial charge is 0.227 e. The summed E-state index contributed by atoms with van der Waals surface area (Å²) in [5, 5.41) is 1.70. The fraction of sp³-hybridized carbons (Fsp3) is 0.438. The lowest BCUT2D eigenvalue weighted by molar-refractivity contribution is -0.145. The number of nitrogens with zero attached hydrogens (tertiary/aromatic N) is 1. The largest absolute Gasteiger partial charge is 0.377 e. The Morgan fingerprint density at radius 1 is 1.48 bits per heavy atom. The Kier molecular flexibility index (Phi) is 3.68. The normalized spacial score (nSPS) is 18.1. The molecule has 1 saturated heterocycles. The summed E-state index contributed by atoms with van der Waals surface area (Å²) in [7, 11) is 0. The number of morpholine rings is 1. The van der Waals surface area contributed by atoms with Crippen molar-refractivity contribution in [2.24, 2.45) is 0 Å². The van der Waals surface area contributed by atoms with Crippen molar-refractivity contribution < 1.29 is 9.53 Å². The highest BCUT2D eigenvalue weighted by atomic mass is 35.5. The van der Waals surface area contributed by atoms with Gasteiger partial charge in [0.15, 0.2) is 0 Å². The maximum Gasteiger partial charge on any atom is 0.227 e. The van der Waals surface area contributed by atoms with Crippen molar-refractivity contribution in [3.8, 4) is 0 Å². The zero-order valence-electron chi connectivity index (χ0n) is 12.3. The molecule has 4 nitrogen and oxygen atoms in total. The molecule has 0 atom stereocenters. The predicted molar refractivity (Wildman–Crippen MR) is 83.6 cm³/mol. The number of amides is 1. The lowest BCUT2D eigenvalue weighted by Gasteiger charge is -2.42. The fourth-order valence-corrected chi connectivity index (χ4v) is 3.05. The number of fused-ring (bicyclic) bond motifs is 1. The number of nitrogens with one attached hydrogen (secondary N) is 1. The highest BCUT2D eigenvalue weighted by molar-refractivity contribution is 6.31. The number of carbonyl (C=O) groups is 1. The monoisotopic (exact) mass is 306 g/mol. The van der Waals surface area contributed by atoms with E-state index in [1.54, 1.807) is 0 Å². The summed E-state index contributed by atoms with van der Waals surface area (Å²) in [4.78, 5) is 17.7. The Labute approximate surface area is 129 Å². The SMILES string of the molecule is CC1(C)COCCN1C(=O)Cc1c[nH]c2ccc(Cl)cc12. The van der Waals surface area contributed by atoms with E-state index in [-0.39, 0.29) is 11.4 Å². The summed E-state index contributed by atoms with van der Waals surface area (Å²) in [5.41, 5.74) is 1.74. The van der Waals surface area contributed by atoms with Crippen molar-refractivity contribution in [1.29, 1.82) is 0 Å². The molecule has 3 rings (SSSR count). The summed E-state index contributed by atoms with van der Waals surface area (Å²) in [6, 6.07) is 5.68. The summed E-state index contributed by atoms with van der Waals surface area (Å²) in [6.45, 7) is 5.91. The van der Waals surface area contributed by atoms with Crippen molar-refractivity contribution >= 4 is 28.4 Å². The van der Waals surface area contributed by atoms with Gasteiger partial charge >= 0.3 is 0 Å². The standard InChI is InChI=1S/C16H19ClN2O2/c1-16(2)10-21-6-5-19(16)15(20)7-11-9-18-14-4-3-12(17)8-13(11)14/h3-4,8-9,18H,5-7,10H2,1-2H3. The summed E-state index contributed by atoms with van der Waals surface area (Å²) in [5.74, 6) is 0.129. The van der Waals surface area contributed by atoms with E-state index in [1.807, 2.05) is 43.1 Å². The van der Waals surface area contributed by atoms with E-state index in [4.69, 9.17) is 16.3 Å². The van der Waals surface area contributed by atoms with Crippen molar-refractivity contribution in [2.75, 3.05) is 19.8 Å². The number of halogens is 1. The average molecular weight is 307 g/mol. The molecule has 0 aliphatic carbocycles. The second-order valence-electron chi connectivity index (χ2n) is 6.09. The number of carbonyl (C=O) groups excluding carboxylic acids is 1. The molecule has 1 fully saturated rings. The Morgan fingerprint density at radius 3 is 3.05 bits per heavy atom. The average Bonchev–Trinajstić information content (AvgIpc) is 2.80. The maximum absolute atomic E-state index is 12.6. The van der Waals surface area contributed by atoms with Crippen molar-refractivity contribution in [1.82, 2.24) is 9.88 Å². The summed E-state index contributed by atoms with van der Waals surface area (Å²) < 4.78 is 5.47. The Hall–Kier alpha value is -1.52. The van der Waals surface area contributed by atoms with Gasteiger partial charge in [-0.25, -0.2) is 0 Å². The van der Waals surface area contributed by atoms with Crippen LogP contribution in [-0.2, 0) is 16.0 Å². The molecule has 0 spiro atoms. The molecule has 2 aromatic rings. The Morgan fingerprint density at radius 2 is 2.29 bits per heavy atom. The van der Waals surface area contributed by atoms with Crippen LogP contribution in [0.5, 0.6) is 0 Å². The minimum atomic E-state index is -0.251. The van der Waals surface area contributed by atoms with Crippen LogP contribution < -0.4 is 0 Å². The molecule has 0 saturated carbocycles. The molecule has 1 aromatic heterocycles. The Balaban J connectivity index is 1.84. The van der Waals surface area contributed by atoms with E-state index < -0.39 is 0 Å². The lowest BCUT2D eigenvalue weighted by Crippen LogP contribution is -2.55. The highest BCUT2D eigenvalue weighted by Crippen LogP contribution is 2.25. The first-order chi connectivity index (χ1) is 9.97. The van der Waals surface area contributed by atoms with Crippen LogP contribution in [0.4, 0.5) is 0 Å². The number of H-pyrrole nitrogens is 1. The van der Waals surface area contributed by atoms with Gasteiger partial charge in [0.2, 0.25) is 5.91 Å². The second-order valence-corrected chi connectivity index (χ2v) is 6.53. The molecule has 21 heavy (non-hydrogen) atoms. The van der Waals surface area contributed by atoms with E-state index in [9.17, 15) is 4.79 Å². The van der Waals surface area contributed by atoms with Crippen LogP contribution >= 0.6 is 11.6 Å². The fourth-order valence-electron chi connectivity index (χ4n) is 2.88. The molecule has 112 valence electrons. The number of ether oxygens (including phenoxy) is 1. The van der Waals surface area contributed by atoms with Gasteiger partial charge in [-0.1, -0.05) is 11.6 Å². The van der Waals surface area contributed by atoms with Crippen molar-refractivity contribution in [2.45, 2.75) is 25.8 Å². The van der Waals surface area contributed by atoms with Gasteiger partial charge in [0.05, 0.1) is 25.2 Å². The molecule has 1 N–H and O–H groups in total. The molecule has 0 unspecified atom stereocenters. The van der Waals surface area contributed by atoms with Gasteiger partial charge in [-0.15, -0.1) is 0 Å². The molecule has 2 heterocycles. The molecule has 1 aliphatic heterocycles. The van der Waals surface area contributed by atoms with Crippen LogP contribution in [0.2, 0.25) is 5.02 Å². The molecule has 1 amide bonds. The van der Waals surface area contributed by atoms with Gasteiger partial charge in [0.25, 0.3) is 0 Å². The zero-order valence-corrected chi connectivity index (χ0v) is 13.0. The number of rotatable bonds is 2. The van der Waals surface area contributed by atoms with Gasteiger partial charge in [-0.05, 0) is 37.6 Å². The van der Waals surface area contributed by atoms with Crippen LogP contribution in [0, 0.1) is 0 Å². The van der Waals surface area contributed by atoms with Crippen LogP contribution in [0.25, 0.3) is 10.9 Å². The van der Waals surface area contributed by atoms with Gasteiger partial charge in [-0.2, -0.15) is 0 Å². The minimum absolute atomic E-state index is 0.129.